The van der Waals surface area contributed by atoms with E-state index >= 15 is 0 Å². The fourth-order valence-corrected chi connectivity index (χ4v) is 6.52. The Kier molecular flexibility index (Phi) is 17.3. The number of ether oxygens (including phenoxy) is 3. The number of alkyl carbamates (subject to hydrolysis) is 1. The number of phenols is 1. The number of anilines is 1. The predicted octanol–water partition coefficient (Wildman–Crippen LogP) is 4.34. The molecule has 4 rings (SSSR count). The van der Waals surface area contributed by atoms with E-state index in [1.807, 2.05) is 30.3 Å². The fourth-order valence-electron chi connectivity index (χ4n) is 6.52. The number of nitrogens with one attached hydrogen (secondary N) is 5. The van der Waals surface area contributed by atoms with Crippen LogP contribution in [0.4, 0.5) is 10.5 Å². The van der Waals surface area contributed by atoms with E-state index in [-0.39, 0.29) is 31.9 Å². The maximum Gasteiger partial charge on any atom is 0.408 e. The van der Waals surface area contributed by atoms with Crippen LogP contribution in [0.25, 0.3) is 0 Å². The zero-order valence-electron chi connectivity index (χ0n) is 35.9. The van der Waals surface area contributed by atoms with Crippen LogP contribution in [0.2, 0.25) is 0 Å². The van der Waals surface area contributed by atoms with Gasteiger partial charge in [0.1, 0.15) is 42.0 Å². The third-order valence-corrected chi connectivity index (χ3v) is 10.1. The van der Waals surface area contributed by atoms with Crippen LogP contribution in [0, 0.1) is 11.3 Å². The second-order valence-corrected chi connectivity index (χ2v) is 16.2. The number of nitrogen functional groups attached to an aromatic ring is 1. The number of methoxy groups -OCH3 is 2. The van der Waals surface area contributed by atoms with Gasteiger partial charge in [-0.1, -0.05) is 89.2 Å². The molecule has 328 valence electrons. The normalized spacial score (nSPS) is 13.8. The molecule has 0 radical (unpaired) electrons. The monoisotopic (exact) mass is 840 g/mol. The van der Waals surface area contributed by atoms with Crippen LogP contribution < -0.4 is 41.8 Å². The van der Waals surface area contributed by atoms with E-state index in [1.165, 1.54) is 13.2 Å². The van der Waals surface area contributed by atoms with Crippen molar-refractivity contribution in [3.63, 3.8) is 0 Å². The summed E-state index contributed by atoms with van der Waals surface area (Å²) in [7, 11) is 3.03. The van der Waals surface area contributed by atoms with Crippen molar-refractivity contribution in [3.8, 4) is 17.2 Å². The van der Waals surface area contributed by atoms with Crippen LogP contribution in [0.1, 0.15) is 56.9 Å². The number of carbonyl (C=O) groups is 4. The van der Waals surface area contributed by atoms with E-state index < -0.39 is 65.4 Å². The first-order valence-corrected chi connectivity index (χ1v) is 20.1. The van der Waals surface area contributed by atoms with Crippen molar-refractivity contribution in [2.24, 2.45) is 11.3 Å². The Labute approximate surface area is 357 Å². The van der Waals surface area contributed by atoms with Gasteiger partial charge in [0.05, 0.1) is 26.4 Å². The molecule has 5 unspecified atom stereocenters. The molecular formula is C46H60N6O9. The van der Waals surface area contributed by atoms with Crippen LogP contribution in [0.3, 0.4) is 0 Å². The lowest BCUT2D eigenvalue weighted by Crippen LogP contribution is -2.63. The molecule has 4 aromatic rings. The van der Waals surface area contributed by atoms with E-state index in [2.05, 4.69) is 26.6 Å². The lowest BCUT2D eigenvalue weighted by molar-refractivity contribution is -0.134. The van der Waals surface area contributed by atoms with Gasteiger partial charge in [-0.3, -0.25) is 19.7 Å². The van der Waals surface area contributed by atoms with E-state index in [1.54, 1.807) is 102 Å². The number of aromatic hydroxyl groups is 1. The molecule has 0 saturated carbocycles. The van der Waals surface area contributed by atoms with E-state index in [9.17, 15) is 29.4 Å². The smallest absolute Gasteiger partial charge is 0.408 e. The Balaban J connectivity index is 1.61. The molecule has 61 heavy (non-hydrogen) atoms. The van der Waals surface area contributed by atoms with Gasteiger partial charge in [-0.25, -0.2) is 4.79 Å². The summed E-state index contributed by atoms with van der Waals surface area (Å²) in [4.78, 5) is 55.4. The Morgan fingerprint density at radius 1 is 0.705 bits per heavy atom. The number of aliphatic hydroxyl groups is 1. The van der Waals surface area contributed by atoms with Crippen LogP contribution in [0.15, 0.2) is 97.1 Å². The molecule has 9 N–H and O–H groups in total. The van der Waals surface area contributed by atoms with Crippen molar-refractivity contribution in [2.45, 2.75) is 91.0 Å². The lowest BCUT2D eigenvalue weighted by atomic mass is 9.85. The van der Waals surface area contributed by atoms with Crippen molar-refractivity contribution in [1.82, 2.24) is 26.6 Å². The molecule has 5 atom stereocenters. The predicted molar refractivity (Wildman–Crippen MR) is 232 cm³/mol. The van der Waals surface area contributed by atoms with Gasteiger partial charge in [0.2, 0.25) is 17.7 Å². The minimum atomic E-state index is -1.58. The van der Waals surface area contributed by atoms with Crippen LogP contribution >= 0.6 is 0 Å². The summed E-state index contributed by atoms with van der Waals surface area (Å²) < 4.78 is 15.9. The van der Waals surface area contributed by atoms with Crippen molar-refractivity contribution < 1.29 is 43.6 Å². The van der Waals surface area contributed by atoms with Gasteiger partial charge in [-0.2, -0.15) is 0 Å². The van der Waals surface area contributed by atoms with E-state index in [0.29, 0.717) is 28.3 Å². The van der Waals surface area contributed by atoms with Gasteiger partial charge in [0.25, 0.3) is 0 Å². The van der Waals surface area contributed by atoms with Gasteiger partial charge in [0.15, 0.2) is 0 Å². The largest absolute Gasteiger partial charge is 0.507 e. The molecule has 15 nitrogen and oxygen atoms in total. The third kappa shape index (κ3) is 14.4. The first-order valence-electron chi connectivity index (χ1n) is 20.1. The molecule has 0 aliphatic rings. The number of hydrogen-bond donors (Lipinski definition) is 8. The summed E-state index contributed by atoms with van der Waals surface area (Å²) in [6.07, 6.45) is -2.32. The maximum atomic E-state index is 14.4. The average Bonchev–Trinajstić information content (AvgIpc) is 3.23. The quantitative estimate of drug-likeness (QED) is 0.0585. The molecular weight excluding hydrogens is 781 g/mol. The SMILES string of the molecule is COc1ccc(CNC(C(=O)NC(C(=O)NCc2ccc(OC)cc2O)C(C)C)C(O)C(Cc2ccccc2)NC(=O)C(NC(=O)OCc2cccc(N)c2)C(C)(C)C)cc1. The van der Waals surface area contributed by atoms with Gasteiger partial charge in [0, 0.05) is 30.4 Å². The van der Waals surface area contributed by atoms with Gasteiger partial charge < -0.3 is 51.4 Å². The lowest BCUT2D eigenvalue weighted by Gasteiger charge is -2.35. The first kappa shape index (κ1) is 47.4. The van der Waals surface area contributed by atoms with Crippen molar-refractivity contribution in [3.05, 3.63) is 119 Å². The van der Waals surface area contributed by atoms with Crippen LogP contribution in [-0.2, 0) is 45.2 Å². The third-order valence-electron chi connectivity index (χ3n) is 10.1. The number of nitrogens with two attached hydrogens (primary N) is 1. The maximum absolute atomic E-state index is 14.4. The minimum Gasteiger partial charge on any atom is -0.507 e. The molecule has 4 aromatic carbocycles. The number of hydrogen-bond acceptors (Lipinski definition) is 11. The summed E-state index contributed by atoms with van der Waals surface area (Å²) in [6, 6.07) is 23.2. The molecule has 0 bridgehead atoms. The molecule has 15 heteroatoms. The highest BCUT2D eigenvalue weighted by atomic mass is 16.5. The summed E-state index contributed by atoms with van der Waals surface area (Å²) in [5.41, 5.74) is 8.18. The molecule has 0 spiro atoms. The van der Waals surface area contributed by atoms with Crippen LogP contribution in [0.5, 0.6) is 17.2 Å². The topological polar surface area (TPSA) is 223 Å². The van der Waals surface area contributed by atoms with Crippen molar-refractivity contribution >= 4 is 29.5 Å². The van der Waals surface area contributed by atoms with Gasteiger partial charge in [-0.15, -0.1) is 0 Å². The molecule has 0 heterocycles. The molecule has 4 amide bonds. The number of carbonyl (C=O) groups excluding carboxylic acids is 4. The summed E-state index contributed by atoms with van der Waals surface area (Å²) in [6.45, 7) is 8.87. The Morgan fingerprint density at radius 3 is 1.97 bits per heavy atom. The number of aliphatic hydroxyl groups excluding tert-OH is 1. The van der Waals surface area contributed by atoms with E-state index in [4.69, 9.17) is 19.9 Å². The number of phenolic OH excluding ortho intramolecular Hbond substituents is 1. The van der Waals surface area contributed by atoms with Crippen molar-refractivity contribution in [2.75, 3.05) is 20.0 Å². The highest BCUT2D eigenvalue weighted by Crippen LogP contribution is 2.24. The summed E-state index contributed by atoms with van der Waals surface area (Å²) in [5, 5.41) is 37.2. The Hall–Kier alpha value is -6.32. The molecule has 0 fully saturated rings. The number of amides is 4. The zero-order valence-corrected chi connectivity index (χ0v) is 35.9. The zero-order chi connectivity index (χ0) is 44.7. The minimum absolute atomic E-state index is 0.0296. The Morgan fingerprint density at radius 2 is 1.36 bits per heavy atom. The summed E-state index contributed by atoms with van der Waals surface area (Å²) >= 11 is 0. The Bertz CT molecular complexity index is 2060. The first-order chi connectivity index (χ1) is 29.0. The van der Waals surface area contributed by atoms with Gasteiger partial charge in [-0.05, 0) is 70.8 Å². The molecule has 0 aliphatic heterocycles. The van der Waals surface area contributed by atoms with Gasteiger partial charge >= 0.3 is 6.09 Å². The second kappa shape index (κ2) is 22.3. The summed E-state index contributed by atoms with van der Waals surface area (Å²) in [5.74, 6) is -1.22. The highest BCUT2D eigenvalue weighted by molar-refractivity contribution is 5.91. The standard InChI is InChI=1S/C46H60N6O9/c1-28(2)38(42(55)49-26-32-18-21-35(60-7)24-37(32)53)51-43(56)39(48-25-30-16-19-34(59-6)20-17-30)40(54)36(23-29-12-9-8-10-13-29)50-44(57)41(46(3,4)5)52-45(58)61-27-31-14-11-15-33(47)22-31/h8-22,24,28,36,38-41,48,53-54H,23,25-27,47H2,1-7H3,(H,49,55)(H,50,57)(H,51,56)(H,52,58). The highest BCUT2D eigenvalue weighted by Gasteiger charge is 2.39. The van der Waals surface area contributed by atoms with E-state index in [0.717, 1.165) is 11.1 Å². The van der Waals surface area contributed by atoms with Crippen LogP contribution in [-0.4, -0.2) is 78.5 Å². The number of rotatable bonds is 20. The molecule has 0 aliphatic carbocycles. The molecule has 0 saturated heterocycles. The fraction of sp³-hybridized carbons (Fsp3) is 0.391. The molecule has 0 aromatic heterocycles. The van der Waals surface area contributed by atoms with Crippen molar-refractivity contribution in [1.29, 1.82) is 0 Å². The second-order valence-electron chi connectivity index (χ2n) is 16.2. The number of benzene rings is 4. The average molecular weight is 841 g/mol.